The number of fused-ring (bicyclic) bond motifs is 2. The molecule has 1 heterocycles. The van der Waals surface area contributed by atoms with E-state index in [-0.39, 0.29) is 23.8 Å². The first-order valence-corrected chi connectivity index (χ1v) is 9.60. The van der Waals surface area contributed by atoms with Crippen LogP contribution in [0.15, 0.2) is 41.2 Å². The third kappa shape index (κ3) is 3.53. The highest BCUT2D eigenvalue weighted by Crippen LogP contribution is 2.39. The van der Waals surface area contributed by atoms with Crippen LogP contribution >= 0.6 is 0 Å². The van der Waals surface area contributed by atoms with E-state index in [9.17, 15) is 9.59 Å². The van der Waals surface area contributed by atoms with Gasteiger partial charge in [-0.2, -0.15) is 0 Å². The maximum absolute atomic E-state index is 12.6. The van der Waals surface area contributed by atoms with Gasteiger partial charge in [0.2, 0.25) is 0 Å². The van der Waals surface area contributed by atoms with Crippen LogP contribution in [-0.4, -0.2) is 34.7 Å². The Morgan fingerprint density at radius 3 is 2.80 bits per heavy atom. The van der Waals surface area contributed by atoms with Crippen molar-refractivity contribution in [3.63, 3.8) is 0 Å². The predicted octanol–water partition coefficient (Wildman–Crippen LogP) is 2.89. The van der Waals surface area contributed by atoms with Crippen LogP contribution in [0.4, 0.5) is 5.69 Å². The molecule has 0 bridgehead atoms. The Hall–Kier alpha value is -3.63. The third-order valence-corrected chi connectivity index (χ3v) is 5.43. The van der Waals surface area contributed by atoms with Crippen LogP contribution in [0.5, 0.6) is 0 Å². The van der Waals surface area contributed by atoms with Gasteiger partial charge in [-0.1, -0.05) is 5.92 Å². The van der Waals surface area contributed by atoms with Gasteiger partial charge in [-0.3, -0.25) is 4.79 Å². The van der Waals surface area contributed by atoms with Crippen molar-refractivity contribution in [2.24, 2.45) is 0 Å². The van der Waals surface area contributed by atoms with Crippen molar-refractivity contribution >= 4 is 22.6 Å². The monoisotopic (exact) mass is 403 g/mol. The molecular weight excluding hydrogens is 382 g/mol. The van der Waals surface area contributed by atoms with Crippen molar-refractivity contribution in [2.75, 3.05) is 18.6 Å². The van der Waals surface area contributed by atoms with Crippen molar-refractivity contribution < 1.29 is 14.6 Å². The van der Waals surface area contributed by atoms with E-state index in [2.05, 4.69) is 20.8 Å². The van der Waals surface area contributed by atoms with Crippen LogP contribution in [-0.2, 0) is 17.8 Å². The number of methoxy groups -OCH3 is 1. The molecule has 0 saturated carbocycles. The standard InChI is InChI=1S/C23H21N3O4/c1-3-10-26(16-7-4-14(5-8-16)23(28)29)20-9-6-15-11-19-18(12-17(15)20)22(27)25-21(24-19)13-30-2/h1,4-5,7-8,11-12,20H,6,9-10,13H2,2H3,(H,28,29)(H,24,25,27). The molecule has 0 aliphatic heterocycles. The summed E-state index contributed by atoms with van der Waals surface area (Å²) < 4.78 is 5.08. The summed E-state index contributed by atoms with van der Waals surface area (Å²) in [5, 5.41) is 9.68. The molecule has 2 aromatic carbocycles. The number of nitrogens with one attached hydrogen (secondary N) is 1. The average Bonchev–Trinajstić information content (AvgIpc) is 3.13. The number of aryl methyl sites for hydroxylation is 1. The number of hydrogen-bond donors (Lipinski definition) is 2. The van der Waals surface area contributed by atoms with Gasteiger partial charge in [0.1, 0.15) is 12.4 Å². The zero-order chi connectivity index (χ0) is 21.3. The lowest BCUT2D eigenvalue weighted by atomic mass is 10.0. The van der Waals surface area contributed by atoms with E-state index < -0.39 is 5.97 Å². The van der Waals surface area contributed by atoms with Gasteiger partial charge in [0.05, 0.1) is 29.1 Å². The Labute approximate surface area is 173 Å². The van der Waals surface area contributed by atoms with E-state index in [0.29, 0.717) is 23.3 Å². The van der Waals surface area contributed by atoms with Crippen LogP contribution in [0.3, 0.4) is 0 Å². The molecule has 1 unspecified atom stereocenters. The molecule has 4 rings (SSSR count). The number of carboxylic acids is 1. The molecule has 1 aromatic heterocycles. The topological polar surface area (TPSA) is 95.5 Å². The minimum atomic E-state index is -0.970. The van der Waals surface area contributed by atoms with Gasteiger partial charge in [-0.25, -0.2) is 9.78 Å². The molecule has 1 aliphatic carbocycles. The summed E-state index contributed by atoms with van der Waals surface area (Å²) in [4.78, 5) is 33.1. The number of aromatic carboxylic acids is 1. The summed E-state index contributed by atoms with van der Waals surface area (Å²) in [6.45, 7) is 0.614. The summed E-state index contributed by atoms with van der Waals surface area (Å²) >= 11 is 0. The molecule has 0 saturated heterocycles. The zero-order valence-electron chi connectivity index (χ0n) is 16.5. The number of hydrogen-bond acceptors (Lipinski definition) is 5. The molecule has 3 aromatic rings. The first kappa shape index (κ1) is 19.7. The number of carbonyl (C=O) groups is 1. The van der Waals surface area contributed by atoms with Crippen molar-refractivity contribution in [1.29, 1.82) is 0 Å². The summed E-state index contributed by atoms with van der Waals surface area (Å²) in [7, 11) is 1.56. The highest BCUT2D eigenvalue weighted by molar-refractivity contribution is 5.88. The Balaban J connectivity index is 1.76. The number of ether oxygens (including phenoxy) is 1. The Morgan fingerprint density at radius 1 is 1.37 bits per heavy atom. The quantitative estimate of drug-likeness (QED) is 0.615. The summed E-state index contributed by atoms with van der Waals surface area (Å²) in [5.41, 5.74) is 3.71. The molecule has 7 nitrogen and oxygen atoms in total. The minimum absolute atomic E-state index is 0.00539. The van der Waals surface area contributed by atoms with Crippen LogP contribution in [0, 0.1) is 12.3 Å². The Morgan fingerprint density at radius 2 is 2.13 bits per heavy atom. The average molecular weight is 403 g/mol. The molecule has 1 atom stereocenters. The van der Waals surface area contributed by atoms with Gasteiger partial charge >= 0.3 is 5.97 Å². The summed E-state index contributed by atoms with van der Waals surface area (Å²) in [6, 6.07) is 10.6. The smallest absolute Gasteiger partial charge is 0.335 e. The minimum Gasteiger partial charge on any atom is -0.478 e. The van der Waals surface area contributed by atoms with E-state index in [1.54, 1.807) is 31.4 Å². The van der Waals surface area contributed by atoms with Crippen LogP contribution in [0.25, 0.3) is 10.9 Å². The molecule has 0 radical (unpaired) electrons. The summed E-state index contributed by atoms with van der Waals surface area (Å²) in [5.74, 6) is 2.22. The number of terminal acetylenes is 1. The molecule has 7 heteroatoms. The number of benzene rings is 2. The van der Waals surface area contributed by atoms with Gasteiger partial charge in [0.15, 0.2) is 0 Å². The van der Waals surface area contributed by atoms with Gasteiger partial charge in [-0.05, 0) is 60.4 Å². The number of H-pyrrole nitrogens is 1. The molecule has 152 valence electrons. The van der Waals surface area contributed by atoms with Gasteiger partial charge < -0.3 is 19.7 Å². The van der Waals surface area contributed by atoms with Crippen molar-refractivity contribution in [3.05, 3.63) is 69.3 Å². The van der Waals surface area contributed by atoms with Gasteiger partial charge in [-0.15, -0.1) is 6.42 Å². The van der Waals surface area contributed by atoms with E-state index in [0.717, 1.165) is 29.7 Å². The van der Waals surface area contributed by atoms with E-state index in [1.165, 1.54) is 0 Å². The maximum Gasteiger partial charge on any atom is 0.335 e. The van der Waals surface area contributed by atoms with E-state index in [1.807, 2.05) is 12.1 Å². The van der Waals surface area contributed by atoms with Gasteiger partial charge in [0, 0.05) is 12.8 Å². The molecule has 1 aliphatic rings. The molecule has 0 spiro atoms. The van der Waals surface area contributed by atoms with Crippen molar-refractivity contribution in [1.82, 2.24) is 9.97 Å². The molecule has 2 N–H and O–H groups in total. The predicted molar refractivity (Wildman–Crippen MR) is 114 cm³/mol. The summed E-state index contributed by atoms with van der Waals surface area (Å²) in [6.07, 6.45) is 7.32. The first-order valence-electron chi connectivity index (χ1n) is 9.60. The Kier molecular flexibility index (Phi) is 5.25. The Bertz CT molecular complexity index is 1210. The second kappa shape index (κ2) is 8.01. The second-order valence-electron chi connectivity index (χ2n) is 7.25. The molecule has 0 amide bonds. The number of anilines is 1. The lowest BCUT2D eigenvalue weighted by Gasteiger charge is -2.30. The fourth-order valence-electron chi connectivity index (χ4n) is 4.07. The number of aromatic nitrogens is 2. The zero-order valence-corrected chi connectivity index (χ0v) is 16.5. The van der Waals surface area contributed by atoms with E-state index >= 15 is 0 Å². The molecular formula is C23H21N3O4. The SMILES string of the molecule is C#CCN(c1ccc(C(=O)O)cc1)C1CCc2cc3nc(COC)[nH]c(=O)c3cc21. The fourth-order valence-corrected chi connectivity index (χ4v) is 4.07. The van der Waals surface area contributed by atoms with Crippen LogP contribution in [0.1, 0.15) is 39.8 Å². The highest BCUT2D eigenvalue weighted by atomic mass is 16.5. The second-order valence-corrected chi connectivity index (χ2v) is 7.25. The number of rotatable bonds is 6. The largest absolute Gasteiger partial charge is 0.478 e. The maximum atomic E-state index is 12.6. The lowest BCUT2D eigenvalue weighted by Crippen LogP contribution is -2.28. The van der Waals surface area contributed by atoms with Crippen LogP contribution < -0.4 is 10.5 Å². The van der Waals surface area contributed by atoms with Crippen LogP contribution in [0.2, 0.25) is 0 Å². The fraction of sp³-hybridized carbons (Fsp3) is 0.261. The number of carboxylic acid groups (broad SMARTS) is 1. The highest BCUT2D eigenvalue weighted by Gasteiger charge is 2.29. The third-order valence-electron chi connectivity index (χ3n) is 5.43. The molecule has 0 fully saturated rings. The van der Waals surface area contributed by atoms with Gasteiger partial charge in [0.25, 0.3) is 5.56 Å². The van der Waals surface area contributed by atoms with Crippen molar-refractivity contribution in [2.45, 2.75) is 25.5 Å². The number of nitrogens with zero attached hydrogens (tertiary/aromatic N) is 2. The molecule has 30 heavy (non-hydrogen) atoms. The first-order chi connectivity index (χ1) is 14.5. The lowest BCUT2D eigenvalue weighted by molar-refractivity contribution is 0.0697. The normalized spacial score (nSPS) is 15.0. The van der Waals surface area contributed by atoms with Crippen molar-refractivity contribution in [3.8, 4) is 12.3 Å². The number of aromatic amines is 1. The van der Waals surface area contributed by atoms with E-state index in [4.69, 9.17) is 16.3 Å².